The Labute approximate surface area is 114 Å². The Morgan fingerprint density at radius 3 is 2.21 bits per heavy atom. The minimum Gasteiger partial charge on any atom is -0.390 e. The molecule has 1 N–H and O–H groups in total. The zero-order valence-corrected chi connectivity index (χ0v) is 12.3. The lowest BCUT2D eigenvalue weighted by Crippen LogP contribution is -2.48. The molecule has 2 atom stereocenters. The van der Waals surface area contributed by atoms with Crippen molar-refractivity contribution < 1.29 is 17.7 Å². The van der Waals surface area contributed by atoms with Crippen LogP contribution in [0.5, 0.6) is 0 Å². The third-order valence-corrected chi connectivity index (χ3v) is 5.03. The van der Waals surface area contributed by atoms with Gasteiger partial charge in [0.25, 0.3) is 10.1 Å². The first-order valence-electron chi connectivity index (χ1n) is 6.42. The van der Waals surface area contributed by atoms with Gasteiger partial charge in [-0.2, -0.15) is 8.42 Å². The van der Waals surface area contributed by atoms with E-state index in [4.69, 9.17) is 4.18 Å². The van der Waals surface area contributed by atoms with Crippen molar-refractivity contribution in [2.45, 2.75) is 50.2 Å². The third-order valence-electron chi connectivity index (χ3n) is 3.68. The zero-order chi connectivity index (χ0) is 14.3. The Balaban J connectivity index is 2.12. The van der Waals surface area contributed by atoms with Gasteiger partial charge in [0.2, 0.25) is 0 Å². The lowest BCUT2D eigenvalue weighted by Gasteiger charge is -2.42. The largest absolute Gasteiger partial charge is 0.390 e. The quantitative estimate of drug-likeness (QED) is 0.861. The number of hydrogen-bond donors (Lipinski definition) is 1. The van der Waals surface area contributed by atoms with Crippen molar-refractivity contribution in [1.82, 2.24) is 0 Å². The standard InChI is InChI=1S/C14H20O4S/c1-10-4-6-11(7-5-10)19(16,17)18-13-9-8-12(13)14(2,3)15/h4-7,12-13,15H,8-9H2,1-3H3. The molecule has 0 radical (unpaired) electrons. The molecular weight excluding hydrogens is 264 g/mol. The van der Waals surface area contributed by atoms with Gasteiger partial charge < -0.3 is 5.11 Å². The molecule has 0 saturated heterocycles. The first kappa shape index (κ1) is 14.5. The van der Waals surface area contributed by atoms with E-state index in [1.165, 1.54) is 0 Å². The highest BCUT2D eigenvalue weighted by molar-refractivity contribution is 7.86. The molecule has 5 heteroatoms. The van der Waals surface area contributed by atoms with Gasteiger partial charge in [0.05, 0.1) is 16.6 Å². The van der Waals surface area contributed by atoms with Crippen molar-refractivity contribution >= 4 is 10.1 Å². The Bertz CT molecular complexity index is 540. The smallest absolute Gasteiger partial charge is 0.297 e. The Morgan fingerprint density at radius 2 is 1.79 bits per heavy atom. The molecule has 106 valence electrons. The summed E-state index contributed by atoms with van der Waals surface area (Å²) in [5, 5.41) is 9.94. The fourth-order valence-electron chi connectivity index (χ4n) is 2.32. The maximum absolute atomic E-state index is 12.1. The minimum atomic E-state index is -3.74. The highest BCUT2D eigenvalue weighted by atomic mass is 32.2. The van der Waals surface area contributed by atoms with Crippen LogP contribution in [-0.4, -0.2) is 25.2 Å². The maximum Gasteiger partial charge on any atom is 0.297 e. The second kappa shape index (κ2) is 4.89. The summed E-state index contributed by atoms with van der Waals surface area (Å²) in [6.45, 7) is 5.27. The van der Waals surface area contributed by atoms with Gasteiger partial charge in [-0.3, -0.25) is 4.18 Å². The topological polar surface area (TPSA) is 63.6 Å². The van der Waals surface area contributed by atoms with E-state index < -0.39 is 21.8 Å². The van der Waals surface area contributed by atoms with Crippen LogP contribution in [0.15, 0.2) is 29.2 Å². The van der Waals surface area contributed by atoms with E-state index in [9.17, 15) is 13.5 Å². The molecule has 1 aliphatic carbocycles. The molecule has 0 bridgehead atoms. The van der Waals surface area contributed by atoms with Gasteiger partial charge >= 0.3 is 0 Å². The van der Waals surface area contributed by atoms with Crippen molar-refractivity contribution in [3.8, 4) is 0 Å². The van der Waals surface area contributed by atoms with Gasteiger partial charge in [0.1, 0.15) is 0 Å². The van der Waals surface area contributed by atoms with Gasteiger partial charge in [-0.05, 0) is 45.7 Å². The first-order valence-corrected chi connectivity index (χ1v) is 7.83. The lowest BCUT2D eigenvalue weighted by molar-refractivity contribution is -0.0852. The predicted molar refractivity (Wildman–Crippen MR) is 72.3 cm³/mol. The monoisotopic (exact) mass is 284 g/mol. The summed E-state index contributed by atoms with van der Waals surface area (Å²) in [6, 6.07) is 6.57. The third kappa shape index (κ3) is 3.16. The normalized spacial score (nSPS) is 24.0. The summed E-state index contributed by atoms with van der Waals surface area (Å²) in [6.07, 6.45) is 1.03. The average molecular weight is 284 g/mol. The summed E-state index contributed by atoms with van der Waals surface area (Å²) in [7, 11) is -3.74. The molecule has 2 unspecified atom stereocenters. The highest BCUT2D eigenvalue weighted by Gasteiger charge is 2.44. The SMILES string of the molecule is Cc1ccc(S(=O)(=O)OC2CCC2C(C)(C)O)cc1. The van der Waals surface area contributed by atoms with Crippen LogP contribution >= 0.6 is 0 Å². The van der Waals surface area contributed by atoms with Crippen molar-refractivity contribution in [1.29, 1.82) is 0 Å². The summed E-state index contributed by atoms with van der Waals surface area (Å²) >= 11 is 0. The molecule has 4 nitrogen and oxygen atoms in total. The molecule has 2 rings (SSSR count). The number of aliphatic hydroxyl groups is 1. The highest BCUT2D eigenvalue weighted by Crippen LogP contribution is 2.39. The van der Waals surface area contributed by atoms with Gasteiger partial charge in [-0.1, -0.05) is 17.7 Å². The summed E-state index contributed by atoms with van der Waals surface area (Å²) < 4.78 is 29.5. The van der Waals surface area contributed by atoms with Gasteiger partial charge in [-0.25, -0.2) is 0 Å². The Kier molecular flexibility index (Phi) is 3.73. The molecule has 1 saturated carbocycles. The van der Waals surface area contributed by atoms with E-state index >= 15 is 0 Å². The Morgan fingerprint density at radius 1 is 1.21 bits per heavy atom. The van der Waals surface area contributed by atoms with Crippen LogP contribution < -0.4 is 0 Å². The molecule has 0 amide bonds. The fraction of sp³-hybridized carbons (Fsp3) is 0.571. The van der Waals surface area contributed by atoms with Crippen molar-refractivity contribution in [2.24, 2.45) is 5.92 Å². The molecular formula is C14H20O4S. The van der Waals surface area contributed by atoms with E-state index in [1.807, 2.05) is 6.92 Å². The second-order valence-electron chi connectivity index (χ2n) is 5.74. The van der Waals surface area contributed by atoms with Crippen LogP contribution in [0.2, 0.25) is 0 Å². The molecule has 0 spiro atoms. The molecule has 0 aliphatic heterocycles. The Hall–Kier alpha value is -0.910. The van der Waals surface area contributed by atoms with Crippen LogP contribution in [0, 0.1) is 12.8 Å². The second-order valence-corrected chi connectivity index (χ2v) is 7.31. The molecule has 19 heavy (non-hydrogen) atoms. The fourth-order valence-corrected chi connectivity index (χ4v) is 3.45. The van der Waals surface area contributed by atoms with E-state index in [0.717, 1.165) is 12.0 Å². The maximum atomic E-state index is 12.1. The van der Waals surface area contributed by atoms with Crippen molar-refractivity contribution in [3.05, 3.63) is 29.8 Å². The average Bonchev–Trinajstić information content (AvgIpc) is 2.23. The summed E-state index contributed by atoms with van der Waals surface area (Å²) in [4.78, 5) is 0.166. The van der Waals surface area contributed by atoms with Crippen LogP contribution in [0.25, 0.3) is 0 Å². The van der Waals surface area contributed by atoms with Gasteiger partial charge in [0.15, 0.2) is 0 Å². The number of rotatable bonds is 4. The molecule has 1 aromatic rings. The van der Waals surface area contributed by atoms with Crippen molar-refractivity contribution in [3.63, 3.8) is 0 Å². The summed E-state index contributed by atoms with van der Waals surface area (Å²) in [5.41, 5.74) is 0.0862. The molecule has 0 heterocycles. The van der Waals surface area contributed by atoms with E-state index in [1.54, 1.807) is 38.1 Å². The van der Waals surface area contributed by atoms with Gasteiger partial charge in [-0.15, -0.1) is 0 Å². The van der Waals surface area contributed by atoms with E-state index in [0.29, 0.717) is 6.42 Å². The van der Waals surface area contributed by atoms with E-state index in [-0.39, 0.29) is 10.8 Å². The van der Waals surface area contributed by atoms with Crippen LogP contribution in [0.4, 0.5) is 0 Å². The number of hydrogen-bond acceptors (Lipinski definition) is 4. The zero-order valence-electron chi connectivity index (χ0n) is 11.5. The lowest BCUT2D eigenvalue weighted by atomic mass is 9.72. The van der Waals surface area contributed by atoms with Crippen LogP contribution in [-0.2, 0) is 14.3 Å². The molecule has 1 aromatic carbocycles. The van der Waals surface area contributed by atoms with Crippen molar-refractivity contribution in [2.75, 3.05) is 0 Å². The van der Waals surface area contributed by atoms with Gasteiger partial charge in [0, 0.05) is 5.92 Å². The minimum absolute atomic E-state index is 0.132. The first-order chi connectivity index (χ1) is 8.70. The number of benzene rings is 1. The predicted octanol–water partition coefficient (Wildman–Crippen LogP) is 2.25. The van der Waals surface area contributed by atoms with Crippen LogP contribution in [0.3, 0.4) is 0 Å². The molecule has 1 fully saturated rings. The molecule has 1 aliphatic rings. The van der Waals surface area contributed by atoms with Crippen LogP contribution in [0.1, 0.15) is 32.3 Å². The number of aryl methyl sites for hydroxylation is 1. The molecule has 0 aromatic heterocycles. The van der Waals surface area contributed by atoms with E-state index in [2.05, 4.69) is 0 Å². The summed E-state index contributed by atoms with van der Waals surface area (Å²) in [5.74, 6) is -0.132.